The van der Waals surface area contributed by atoms with Crippen molar-refractivity contribution in [2.45, 2.75) is 19.8 Å². The fraction of sp³-hybridized carbons (Fsp3) is 0.556. The molecular formula is C9H13NO3. The van der Waals surface area contributed by atoms with Gasteiger partial charge in [0.05, 0.1) is 6.61 Å². The molecular weight excluding hydrogens is 170 g/mol. The van der Waals surface area contributed by atoms with E-state index in [9.17, 15) is 9.59 Å². The van der Waals surface area contributed by atoms with E-state index in [0.717, 1.165) is 6.42 Å². The minimum Gasteiger partial charge on any atom is -0.463 e. The Hall–Kier alpha value is -1.32. The van der Waals surface area contributed by atoms with Crippen LogP contribution in [0.5, 0.6) is 0 Å². The van der Waals surface area contributed by atoms with Crippen LogP contribution in [0.1, 0.15) is 19.8 Å². The molecule has 1 aliphatic heterocycles. The molecule has 13 heavy (non-hydrogen) atoms. The Labute approximate surface area is 77.2 Å². The highest BCUT2D eigenvalue weighted by Crippen LogP contribution is 2.09. The summed E-state index contributed by atoms with van der Waals surface area (Å²) in [7, 11) is 0. The first kappa shape index (κ1) is 9.77. The van der Waals surface area contributed by atoms with Crippen molar-refractivity contribution in [3.05, 3.63) is 12.3 Å². The van der Waals surface area contributed by atoms with Crippen LogP contribution in [0, 0.1) is 0 Å². The van der Waals surface area contributed by atoms with Gasteiger partial charge in [-0.2, -0.15) is 0 Å². The normalized spacial score (nSPS) is 17.0. The molecule has 0 aromatic carbocycles. The van der Waals surface area contributed by atoms with Crippen molar-refractivity contribution in [3.8, 4) is 0 Å². The van der Waals surface area contributed by atoms with E-state index in [4.69, 9.17) is 0 Å². The molecule has 4 nitrogen and oxygen atoms in total. The number of hydrogen-bond donors (Lipinski definition) is 0. The first-order valence-corrected chi connectivity index (χ1v) is 4.38. The molecule has 1 aliphatic rings. The largest absolute Gasteiger partial charge is 0.463 e. The van der Waals surface area contributed by atoms with Gasteiger partial charge in [0.25, 0.3) is 0 Å². The Morgan fingerprint density at radius 2 is 2.46 bits per heavy atom. The van der Waals surface area contributed by atoms with Crippen molar-refractivity contribution >= 4 is 11.9 Å². The van der Waals surface area contributed by atoms with E-state index in [1.54, 1.807) is 6.92 Å². The summed E-state index contributed by atoms with van der Waals surface area (Å²) in [5, 5.41) is 0. The third kappa shape index (κ3) is 2.89. The lowest BCUT2D eigenvalue weighted by Gasteiger charge is -2.07. The number of carbonyl (C=O) groups excluding carboxylic acids is 2. The predicted molar refractivity (Wildman–Crippen MR) is 46.7 cm³/mol. The van der Waals surface area contributed by atoms with Crippen LogP contribution in [-0.2, 0) is 14.3 Å². The monoisotopic (exact) mass is 183 g/mol. The number of amides is 1. The summed E-state index contributed by atoms with van der Waals surface area (Å²) < 4.78 is 4.67. The smallest absolute Gasteiger partial charge is 0.332 e. The van der Waals surface area contributed by atoms with E-state index in [0.29, 0.717) is 19.6 Å². The van der Waals surface area contributed by atoms with Crippen LogP contribution in [-0.4, -0.2) is 29.9 Å². The lowest BCUT2D eigenvalue weighted by molar-refractivity contribution is -0.137. The molecule has 4 heteroatoms. The van der Waals surface area contributed by atoms with E-state index in [1.165, 1.54) is 17.2 Å². The second kappa shape index (κ2) is 4.64. The SMILES string of the molecule is CCOC(=O)/C=C\N1CCCC1=O. The van der Waals surface area contributed by atoms with Crippen LogP contribution in [0.4, 0.5) is 0 Å². The minimum atomic E-state index is -0.401. The first-order chi connectivity index (χ1) is 6.24. The van der Waals surface area contributed by atoms with Crippen molar-refractivity contribution in [2.24, 2.45) is 0 Å². The molecule has 0 unspecified atom stereocenters. The van der Waals surface area contributed by atoms with Gasteiger partial charge >= 0.3 is 5.97 Å². The molecule has 72 valence electrons. The van der Waals surface area contributed by atoms with Gasteiger partial charge in [0.15, 0.2) is 0 Å². The van der Waals surface area contributed by atoms with E-state index < -0.39 is 5.97 Å². The second-order valence-electron chi connectivity index (χ2n) is 2.76. The lowest BCUT2D eigenvalue weighted by Crippen LogP contribution is -2.18. The van der Waals surface area contributed by atoms with Gasteiger partial charge in [0, 0.05) is 25.2 Å². The quantitative estimate of drug-likeness (QED) is 0.477. The number of ether oxygens (including phenoxy) is 1. The van der Waals surface area contributed by atoms with Crippen molar-refractivity contribution in [1.82, 2.24) is 4.90 Å². The van der Waals surface area contributed by atoms with Crippen molar-refractivity contribution in [3.63, 3.8) is 0 Å². The molecule has 0 saturated carbocycles. The van der Waals surface area contributed by atoms with Crippen molar-refractivity contribution in [2.75, 3.05) is 13.2 Å². The zero-order valence-corrected chi connectivity index (χ0v) is 7.66. The Balaban J connectivity index is 2.38. The average molecular weight is 183 g/mol. The summed E-state index contributed by atoms with van der Waals surface area (Å²) in [6, 6.07) is 0. The standard InChI is InChI=1S/C9H13NO3/c1-2-13-9(12)5-7-10-6-3-4-8(10)11/h5,7H,2-4,6H2,1H3/b7-5-. The van der Waals surface area contributed by atoms with Crippen LogP contribution >= 0.6 is 0 Å². The summed E-state index contributed by atoms with van der Waals surface area (Å²) in [5.41, 5.74) is 0. The maximum absolute atomic E-state index is 11.1. The Morgan fingerprint density at radius 3 is 3.00 bits per heavy atom. The number of nitrogens with zero attached hydrogens (tertiary/aromatic N) is 1. The van der Waals surface area contributed by atoms with Crippen LogP contribution in [0.3, 0.4) is 0 Å². The third-order valence-electron chi connectivity index (χ3n) is 1.79. The van der Waals surface area contributed by atoms with Gasteiger partial charge in [0.1, 0.15) is 0 Å². The maximum atomic E-state index is 11.1. The Morgan fingerprint density at radius 1 is 1.69 bits per heavy atom. The van der Waals surface area contributed by atoms with Gasteiger partial charge < -0.3 is 9.64 Å². The molecule has 0 aliphatic carbocycles. The van der Waals surface area contributed by atoms with Crippen molar-refractivity contribution in [1.29, 1.82) is 0 Å². The zero-order chi connectivity index (χ0) is 9.68. The van der Waals surface area contributed by atoms with E-state index in [2.05, 4.69) is 4.74 Å². The fourth-order valence-electron chi connectivity index (χ4n) is 1.17. The molecule has 1 amide bonds. The topological polar surface area (TPSA) is 46.6 Å². The van der Waals surface area contributed by atoms with E-state index in [1.807, 2.05) is 0 Å². The molecule has 0 aromatic heterocycles. The molecule has 0 aromatic rings. The van der Waals surface area contributed by atoms with Gasteiger partial charge in [-0.3, -0.25) is 4.79 Å². The second-order valence-corrected chi connectivity index (χ2v) is 2.76. The number of esters is 1. The van der Waals surface area contributed by atoms with Gasteiger partial charge in [-0.15, -0.1) is 0 Å². The van der Waals surface area contributed by atoms with E-state index >= 15 is 0 Å². The highest BCUT2D eigenvalue weighted by molar-refractivity contribution is 5.84. The van der Waals surface area contributed by atoms with Gasteiger partial charge in [-0.05, 0) is 13.3 Å². The average Bonchev–Trinajstić information content (AvgIpc) is 2.48. The number of carbonyl (C=O) groups is 2. The molecule has 0 atom stereocenters. The lowest BCUT2D eigenvalue weighted by atomic mass is 10.4. The molecule has 1 fully saturated rings. The fourth-order valence-corrected chi connectivity index (χ4v) is 1.17. The van der Waals surface area contributed by atoms with Crippen LogP contribution in [0.2, 0.25) is 0 Å². The molecule has 1 heterocycles. The molecule has 0 radical (unpaired) electrons. The Bertz CT molecular complexity index is 235. The molecule has 0 spiro atoms. The number of rotatable bonds is 3. The summed E-state index contributed by atoms with van der Waals surface area (Å²) in [6.45, 7) is 2.80. The molecule has 1 rings (SSSR count). The summed E-state index contributed by atoms with van der Waals surface area (Å²) >= 11 is 0. The highest BCUT2D eigenvalue weighted by Gasteiger charge is 2.17. The predicted octanol–water partition coefficient (Wildman–Crippen LogP) is 0.686. The zero-order valence-electron chi connectivity index (χ0n) is 7.66. The van der Waals surface area contributed by atoms with Gasteiger partial charge in [-0.1, -0.05) is 0 Å². The van der Waals surface area contributed by atoms with Crippen LogP contribution < -0.4 is 0 Å². The van der Waals surface area contributed by atoms with Crippen molar-refractivity contribution < 1.29 is 14.3 Å². The van der Waals surface area contributed by atoms with Crippen LogP contribution in [0.25, 0.3) is 0 Å². The maximum Gasteiger partial charge on any atom is 0.332 e. The number of hydrogen-bond acceptors (Lipinski definition) is 3. The van der Waals surface area contributed by atoms with Gasteiger partial charge in [-0.25, -0.2) is 4.79 Å². The highest BCUT2D eigenvalue weighted by atomic mass is 16.5. The van der Waals surface area contributed by atoms with Gasteiger partial charge in [0.2, 0.25) is 5.91 Å². The molecule has 1 saturated heterocycles. The minimum absolute atomic E-state index is 0.0700. The van der Waals surface area contributed by atoms with E-state index in [-0.39, 0.29) is 5.91 Å². The van der Waals surface area contributed by atoms with Crippen LogP contribution in [0.15, 0.2) is 12.3 Å². The third-order valence-corrected chi connectivity index (χ3v) is 1.79. The Kier molecular flexibility index (Phi) is 3.49. The molecule has 0 bridgehead atoms. The summed E-state index contributed by atoms with van der Waals surface area (Å²) in [5.74, 6) is -0.331. The number of likely N-dealkylation sites (tertiary alicyclic amines) is 1. The molecule has 0 N–H and O–H groups in total. The summed E-state index contributed by atoms with van der Waals surface area (Å²) in [6.07, 6.45) is 4.22. The summed E-state index contributed by atoms with van der Waals surface area (Å²) in [4.78, 5) is 23.5. The first-order valence-electron chi connectivity index (χ1n) is 4.38.